The third-order valence-corrected chi connectivity index (χ3v) is 5.86. The van der Waals surface area contributed by atoms with Gasteiger partial charge in [0, 0.05) is 6.61 Å². The standard InChI is InChI=1S/C16H24O3S/c1-18-13-6-10-20-15(13)14(17)12-5-9-19-16(11-12)7-3-2-4-8-16/h6,10,12,14,17H,2-5,7-9,11H2,1H3. The topological polar surface area (TPSA) is 38.7 Å². The van der Waals surface area contributed by atoms with Crippen molar-refractivity contribution >= 4 is 11.3 Å². The summed E-state index contributed by atoms with van der Waals surface area (Å²) in [5.41, 5.74) is 0.0483. The molecule has 3 rings (SSSR count). The Morgan fingerprint density at radius 2 is 2.20 bits per heavy atom. The van der Waals surface area contributed by atoms with Crippen molar-refractivity contribution in [3.05, 3.63) is 16.3 Å². The van der Waals surface area contributed by atoms with Crippen LogP contribution in [0.5, 0.6) is 5.75 Å². The predicted molar refractivity (Wildman–Crippen MR) is 80.3 cm³/mol. The minimum Gasteiger partial charge on any atom is -0.495 e. The Morgan fingerprint density at radius 1 is 1.40 bits per heavy atom. The smallest absolute Gasteiger partial charge is 0.135 e. The summed E-state index contributed by atoms with van der Waals surface area (Å²) >= 11 is 1.60. The maximum Gasteiger partial charge on any atom is 0.135 e. The number of methoxy groups -OCH3 is 1. The molecule has 1 saturated heterocycles. The summed E-state index contributed by atoms with van der Waals surface area (Å²) in [6.45, 7) is 0.787. The van der Waals surface area contributed by atoms with E-state index < -0.39 is 6.10 Å². The van der Waals surface area contributed by atoms with Crippen LogP contribution in [0.15, 0.2) is 11.4 Å². The molecule has 1 N–H and O–H groups in total. The molecule has 20 heavy (non-hydrogen) atoms. The molecule has 112 valence electrons. The van der Waals surface area contributed by atoms with Crippen LogP contribution in [-0.2, 0) is 4.74 Å². The van der Waals surface area contributed by atoms with Gasteiger partial charge in [0.2, 0.25) is 0 Å². The molecule has 0 amide bonds. The maximum absolute atomic E-state index is 10.7. The number of hydrogen-bond acceptors (Lipinski definition) is 4. The van der Waals surface area contributed by atoms with E-state index in [-0.39, 0.29) is 5.60 Å². The molecule has 1 saturated carbocycles. The van der Waals surface area contributed by atoms with E-state index in [1.165, 1.54) is 19.3 Å². The van der Waals surface area contributed by atoms with Gasteiger partial charge in [0.05, 0.1) is 23.7 Å². The highest BCUT2D eigenvalue weighted by Crippen LogP contribution is 2.46. The van der Waals surface area contributed by atoms with Gasteiger partial charge in [-0.3, -0.25) is 0 Å². The van der Waals surface area contributed by atoms with Crippen LogP contribution in [0, 0.1) is 5.92 Å². The van der Waals surface area contributed by atoms with Gasteiger partial charge in [-0.25, -0.2) is 0 Å². The molecule has 1 spiro atoms. The average Bonchev–Trinajstić information content (AvgIpc) is 2.96. The Bertz CT molecular complexity index is 431. The highest BCUT2D eigenvalue weighted by atomic mass is 32.1. The van der Waals surface area contributed by atoms with Crippen LogP contribution < -0.4 is 4.74 Å². The molecule has 2 heterocycles. The lowest BCUT2D eigenvalue weighted by Gasteiger charge is -2.44. The van der Waals surface area contributed by atoms with Crippen LogP contribution in [0.1, 0.15) is 55.9 Å². The highest BCUT2D eigenvalue weighted by Gasteiger charge is 2.41. The molecule has 0 radical (unpaired) electrons. The number of aliphatic hydroxyl groups excluding tert-OH is 1. The third-order valence-electron chi connectivity index (χ3n) is 4.89. The van der Waals surface area contributed by atoms with E-state index in [1.54, 1.807) is 18.4 Å². The fraction of sp³-hybridized carbons (Fsp3) is 0.750. The first-order chi connectivity index (χ1) is 9.74. The third kappa shape index (κ3) is 2.74. The monoisotopic (exact) mass is 296 g/mol. The van der Waals surface area contributed by atoms with Crippen molar-refractivity contribution < 1.29 is 14.6 Å². The first kappa shape index (κ1) is 14.4. The Hall–Kier alpha value is -0.580. The Kier molecular flexibility index (Phi) is 4.34. The minimum absolute atomic E-state index is 0.0483. The van der Waals surface area contributed by atoms with E-state index in [1.807, 2.05) is 11.4 Å². The van der Waals surface area contributed by atoms with Crippen LogP contribution in [0.2, 0.25) is 0 Å². The fourth-order valence-corrected chi connectivity index (χ4v) is 4.72. The lowest BCUT2D eigenvalue weighted by atomic mass is 9.74. The number of thiophene rings is 1. The van der Waals surface area contributed by atoms with E-state index in [0.29, 0.717) is 5.92 Å². The van der Waals surface area contributed by atoms with Gasteiger partial charge in [0.15, 0.2) is 0 Å². The number of rotatable bonds is 3. The lowest BCUT2D eigenvalue weighted by Crippen LogP contribution is -2.42. The zero-order valence-corrected chi connectivity index (χ0v) is 13.0. The molecule has 2 unspecified atom stereocenters. The number of aliphatic hydroxyl groups is 1. The van der Waals surface area contributed by atoms with Gasteiger partial charge in [-0.2, -0.15) is 0 Å². The summed E-state index contributed by atoms with van der Waals surface area (Å²) in [4.78, 5) is 0.977. The first-order valence-electron chi connectivity index (χ1n) is 7.67. The molecular weight excluding hydrogens is 272 g/mol. The van der Waals surface area contributed by atoms with Gasteiger partial charge in [-0.1, -0.05) is 19.3 Å². The van der Waals surface area contributed by atoms with Crippen molar-refractivity contribution in [2.24, 2.45) is 5.92 Å². The summed E-state index contributed by atoms with van der Waals surface area (Å²) in [6.07, 6.45) is 7.73. The molecule has 3 nitrogen and oxygen atoms in total. The van der Waals surface area contributed by atoms with E-state index in [4.69, 9.17) is 9.47 Å². The van der Waals surface area contributed by atoms with Crippen molar-refractivity contribution in [2.75, 3.05) is 13.7 Å². The molecule has 1 aromatic rings. The Balaban J connectivity index is 1.73. The van der Waals surface area contributed by atoms with Crippen LogP contribution in [0.4, 0.5) is 0 Å². The zero-order chi connectivity index (χ0) is 14.0. The molecule has 4 heteroatoms. The van der Waals surface area contributed by atoms with Crippen molar-refractivity contribution in [3.8, 4) is 5.75 Å². The van der Waals surface area contributed by atoms with Gasteiger partial charge >= 0.3 is 0 Å². The van der Waals surface area contributed by atoms with E-state index in [2.05, 4.69) is 0 Å². The summed E-state index contributed by atoms with van der Waals surface area (Å²) < 4.78 is 11.5. The zero-order valence-electron chi connectivity index (χ0n) is 12.1. The maximum atomic E-state index is 10.7. The second-order valence-electron chi connectivity index (χ2n) is 6.14. The van der Waals surface area contributed by atoms with Gasteiger partial charge in [-0.15, -0.1) is 11.3 Å². The summed E-state index contributed by atoms with van der Waals surface area (Å²) in [7, 11) is 1.67. The van der Waals surface area contributed by atoms with E-state index in [9.17, 15) is 5.11 Å². The molecule has 2 aliphatic rings. The quantitative estimate of drug-likeness (QED) is 0.919. The van der Waals surface area contributed by atoms with Gasteiger partial charge in [0.25, 0.3) is 0 Å². The van der Waals surface area contributed by atoms with Gasteiger partial charge in [-0.05, 0) is 43.0 Å². The molecule has 0 bridgehead atoms. The van der Waals surface area contributed by atoms with Crippen molar-refractivity contribution in [3.63, 3.8) is 0 Å². The molecule has 2 atom stereocenters. The normalized spacial score (nSPS) is 27.4. The summed E-state index contributed by atoms with van der Waals surface area (Å²) in [5, 5.41) is 12.7. The number of ether oxygens (including phenoxy) is 2. The van der Waals surface area contributed by atoms with Crippen LogP contribution in [-0.4, -0.2) is 24.4 Å². The molecule has 1 aromatic heterocycles. The molecule has 1 aliphatic heterocycles. The lowest BCUT2D eigenvalue weighted by molar-refractivity contribution is -0.133. The summed E-state index contributed by atoms with van der Waals surface area (Å²) in [6, 6.07) is 1.94. The Morgan fingerprint density at radius 3 is 2.95 bits per heavy atom. The van der Waals surface area contributed by atoms with Crippen molar-refractivity contribution in [1.82, 2.24) is 0 Å². The molecule has 1 aliphatic carbocycles. The second kappa shape index (κ2) is 6.04. The van der Waals surface area contributed by atoms with Crippen LogP contribution in [0.3, 0.4) is 0 Å². The average molecular weight is 296 g/mol. The highest BCUT2D eigenvalue weighted by molar-refractivity contribution is 7.10. The predicted octanol–water partition coefficient (Wildman–Crippen LogP) is 3.92. The summed E-state index contributed by atoms with van der Waals surface area (Å²) in [5.74, 6) is 1.13. The van der Waals surface area contributed by atoms with Crippen LogP contribution >= 0.6 is 11.3 Å². The second-order valence-corrected chi connectivity index (χ2v) is 7.09. The van der Waals surface area contributed by atoms with E-state index in [0.717, 1.165) is 42.9 Å². The SMILES string of the molecule is COc1ccsc1C(O)C1CCOC2(CCCCC2)C1. The van der Waals surface area contributed by atoms with Crippen LogP contribution in [0.25, 0.3) is 0 Å². The number of hydrogen-bond donors (Lipinski definition) is 1. The Labute approximate surface area is 124 Å². The molecule has 0 aromatic carbocycles. The largest absolute Gasteiger partial charge is 0.495 e. The fourth-order valence-electron chi connectivity index (χ4n) is 3.79. The first-order valence-corrected chi connectivity index (χ1v) is 8.55. The van der Waals surface area contributed by atoms with Crippen molar-refractivity contribution in [2.45, 2.75) is 56.7 Å². The minimum atomic E-state index is -0.410. The molecular formula is C16H24O3S. The molecule has 2 fully saturated rings. The van der Waals surface area contributed by atoms with E-state index >= 15 is 0 Å². The van der Waals surface area contributed by atoms with Gasteiger partial charge < -0.3 is 14.6 Å². The van der Waals surface area contributed by atoms with Crippen molar-refractivity contribution in [1.29, 1.82) is 0 Å². The van der Waals surface area contributed by atoms with Gasteiger partial charge in [0.1, 0.15) is 5.75 Å².